The molecule has 2 rings (SSSR count). The summed E-state index contributed by atoms with van der Waals surface area (Å²) in [5.74, 6) is -1.45. The molecule has 2 N–H and O–H groups in total. The predicted octanol–water partition coefficient (Wildman–Crippen LogP) is 1.58. The van der Waals surface area contributed by atoms with Crippen molar-refractivity contribution in [3.8, 4) is 0 Å². The predicted molar refractivity (Wildman–Crippen MR) is 84.6 cm³/mol. The molecular formula is C17H22N2O4. The second-order valence-electron chi connectivity index (χ2n) is 5.74. The largest absolute Gasteiger partial charge is 0.481 e. The van der Waals surface area contributed by atoms with Crippen LogP contribution in [0.25, 0.3) is 0 Å². The quantitative estimate of drug-likeness (QED) is 0.799. The SMILES string of the molecule is CCN1C[C@@H](C(=O)N[C@@H](CCC(=O)O)c2ccccc2)CC1=O. The van der Waals surface area contributed by atoms with Crippen LogP contribution < -0.4 is 5.32 Å². The van der Waals surface area contributed by atoms with Gasteiger partial charge in [0.15, 0.2) is 0 Å². The van der Waals surface area contributed by atoms with Gasteiger partial charge in [0, 0.05) is 25.9 Å². The molecule has 1 heterocycles. The first-order chi connectivity index (χ1) is 11.0. The van der Waals surface area contributed by atoms with E-state index in [-0.39, 0.29) is 36.6 Å². The van der Waals surface area contributed by atoms with Crippen LogP contribution >= 0.6 is 0 Å². The van der Waals surface area contributed by atoms with E-state index in [1.165, 1.54) is 0 Å². The average Bonchev–Trinajstić information content (AvgIpc) is 2.93. The number of aliphatic carboxylic acids is 1. The van der Waals surface area contributed by atoms with Gasteiger partial charge in [-0.2, -0.15) is 0 Å². The molecule has 1 fully saturated rings. The lowest BCUT2D eigenvalue weighted by molar-refractivity contribution is -0.137. The summed E-state index contributed by atoms with van der Waals surface area (Å²) in [6.07, 6.45) is 0.522. The third-order valence-corrected chi connectivity index (χ3v) is 4.13. The molecule has 0 saturated carbocycles. The van der Waals surface area contributed by atoms with Crippen molar-refractivity contribution in [2.45, 2.75) is 32.2 Å². The number of carbonyl (C=O) groups is 3. The van der Waals surface area contributed by atoms with Gasteiger partial charge in [0.1, 0.15) is 0 Å². The van der Waals surface area contributed by atoms with Crippen molar-refractivity contribution in [2.75, 3.05) is 13.1 Å². The summed E-state index contributed by atoms with van der Waals surface area (Å²) in [5.41, 5.74) is 0.874. The van der Waals surface area contributed by atoms with Crippen molar-refractivity contribution in [3.63, 3.8) is 0 Å². The van der Waals surface area contributed by atoms with Gasteiger partial charge >= 0.3 is 5.97 Å². The molecule has 0 bridgehead atoms. The third kappa shape index (κ3) is 4.55. The van der Waals surface area contributed by atoms with Gasteiger partial charge < -0.3 is 15.3 Å². The van der Waals surface area contributed by atoms with Crippen molar-refractivity contribution in [1.82, 2.24) is 10.2 Å². The molecule has 1 aromatic rings. The monoisotopic (exact) mass is 318 g/mol. The molecule has 0 aliphatic carbocycles. The molecule has 1 aliphatic rings. The van der Waals surface area contributed by atoms with E-state index >= 15 is 0 Å². The maximum absolute atomic E-state index is 12.4. The lowest BCUT2D eigenvalue weighted by atomic mass is 10.00. The van der Waals surface area contributed by atoms with E-state index in [0.29, 0.717) is 19.5 Å². The first-order valence-corrected chi connectivity index (χ1v) is 7.86. The Balaban J connectivity index is 2.04. The Morgan fingerprint density at radius 1 is 1.35 bits per heavy atom. The Hall–Kier alpha value is -2.37. The van der Waals surface area contributed by atoms with Crippen LogP contribution in [0.1, 0.15) is 37.8 Å². The molecule has 1 aromatic carbocycles. The van der Waals surface area contributed by atoms with Gasteiger partial charge in [-0.25, -0.2) is 0 Å². The number of hydrogen-bond acceptors (Lipinski definition) is 3. The van der Waals surface area contributed by atoms with E-state index in [1.807, 2.05) is 37.3 Å². The number of amides is 2. The standard InChI is InChI=1S/C17H22N2O4/c1-2-19-11-13(10-15(19)20)17(23)18-14(8-9-16(21)22)12-6-4-3-5-7-12/h3-7,13-14H,2,8-11H2,1H3,(H,18,23)(H,21,22)/t13-,14-/m0/s1. The smallest absolute Gasteiger partial charge is 0.303 e. The first-order valence-electron chi connectivity index (χ1n) is 7.86. The zero-order valence-electron chi connectivity index (χ0n) is 13.2. The lowest BCUT2D eigenvalue weighted by Gasteiger charge is -2.21. The van der Waals surface area contributed by atoms with Crippen LogP contribution in [0, 0.1) is 5.92 Å². The number of carboxylic acids is 1. The molecule has 6 nitrogen and oxygen atoms in total. The second-order valence-corrected chi connectivity index (χ2v) is 5.74. The summed E-state index contributed by atoms with van der Waals surface area (Å²) in [5, 5.41) is 11.8. The van der Waals surface area contributed by atoms with Gasteiger partial charge in [-0.3, -0.25) is 14.4 Å². The Bertz CT molecular complexity index is 573. The van der Waals surface area contributed by atoms with Crippen molar-refractivity contribution in [1.29, 1.82) is 0 Å². The van der Waals surface area contributed by atoms with Gasteiger partial charge in [-0.1, -0.05) is 30.3 Å². The van der Waals surface area contributed by atoms with Crippen LogP contribution in [0.4, 0.5) is 0 Å². The molecule has 6 heteroatoms. The molecule has 1 aliphatic heterocycles. The minimum atomic E-state index is -0.895. The van der Waals surface area contributed by atoms with Gasteiger partial charge in [0.25, 0.3) is 0 Å². The molecule has 1 saturated heterocycles. The van der Waals surface area contributed by atoms with Gasteiger partial charge in [0.05, 0.1) is 12.0 Å². The summed E-state index contributed by atoms with van der Waals surface area (Å²) >= 11 is 0. The zero-order chi connectivity index (χ0) is 16.8. The Morgan fingerprint density at radius 2 is 2.04 bits per heavy atom. The van der Waals surface area contributed by atoms with Gasteiger partial charge in [-0.15, -0.1) is 0 Å². The van der Waals surface area contributed by atoms with Crippen LogP contribution in [-0.2, 0) is 14.4 Å². The number of rotatable bonds is 7. The highest BCUT2D eigenvalue weighted by molar-refractivity contribution is 5.89. The first kappa shape index (κ1) is 17.0. The topological polar surface area (TPSA) is 86.7 Å². The van der Waals surface area contributed by atoms with E-state index in [2.05, 4.69) is 5.32 Å². The lowest BCUT2D eigenvalue weighted by Crippen LogP contribution is -2.35. The highest BCUT2D eigenvalue weighted by atomic mass is 16.4. The second kappa shape index (κ2) is 7.76. The van der Waals surface area contributed by atoms with Crippen molar-refractivity contribution >= 4 is 17.8 Å². The molecule has 124 valence electrons. The number of likely N-dealkylation sites (tertiary alicyclic amines) is 1. The minimum absolute atomic E-state index is 0.00514. The maximum Gasteiger partial charge on any atom is 0.303 e. The number of benzene rings is 1. The van der Waals surface area contributed by atoms with Crippen LogP contribution in [-0.4, -0.2) is 40.9 Å². The van der Waals surface area contributed by atoms with Crippen molar-refractivity contribution < 1.29 is 19.5 Å². The number of carbonyl (C=O) groups excluding carboxylic acids is 2. The fourth-order valence-corrected chi connectivity index (χ4v) is 2.82. The summed E-state index contributed by atoms with van der Waals surface area (Å²) < 4.78 is 0. The van der Waals surface area contributed by atoms with Crippen LogP contribution in [0.5, 0.6) is 0 Å². The highest BCUT2D eigenvalue weighted by Crippen LogP contribution is 2.22. The van der Waals surface area contributed by atoms with Gasteiger partial charge in [-0.05, 0) is 18.9 Å². The molecule has 2 amide bonds. The maximum atomic E-state index is 12.4. The van der Waals surface area contributed by atoms with Crippen LogP contribution in [0.3, 0.4) is 0 Å². The molecule has 23 heavy (non-hydrogen) atoms. The van der Waals surface area contributed by atoms with Crippen molar-refractivity contribution in [2.24, 2.45) is 5.92 Å². The number of hydrogen-bond donors (Lipinski definition) is 2. The molecular weight excluding hydrogens is 296 g/mol. The summed E-state index contributed by atoms with van der Waals surface area (Å²) in [6, 6.07) is 8.95. The molecule has 0 spiro atoms. The van der Waals surface area contributed by atoms with Crippen LogP contribution in [0.15, 0.2) is 30.3 Å². The van der Waals surface area contributed by atoms with E-state index < -0.39 is 5.97 Å². The average molecular weight is 318 g/mol. The number of nitrogens with zero attached hydrogens (tertiary/aromatic N) is 1. The fraction of sp³-hybridized carbons (Fsp3) is 0.471. The Labute approximate surface area is 135 Å². The zero-order valence-corrected chi connectivity index (χ0v) is 13.2. The summed E-state index contributed by atoms with van der Waals surface area (Å²) in [6.45, 7) is 2.92. The Kier molecular flexibility index (Phi) is 5.73. The number of nitrogens with one attached hydrogen (secondary N) is 1. The highest BCUT2D eigenvalue weighted by Gasteiger charge is 2.34. The Morgan fingerprint density at radius 3 is 2.61 bits per heavy atom. The summed E-state index contributed by atoms with van der Waals surface area (Å²) in [4.78, 5) is 36.7. The van der Waals surface area contributed by atoms with Crippen LogP contribution in [0.2, 0.25) is 0 Å². The molecule has 2 atom stereocenters. The fourth-order valence-electron chi connectivity index (χ4n) is 2.82. The normalized spacial score (nSPS) is 18.7. The minimum Gasteiger partial charge on any atom is -0.481 e. The van der Waals surface area contributed by atoms with Gasteiger partial charge in [0.2, 0.25) is 11.8 Å². The van der Waals surface area contributed by atoms with E-state index in [1.54, 1.807) is 4.90 Å². The van der Waals surface area contributed by atoms with E-state index in [4.69, 9.17) is 5.11 Å². The molecule has 0 aromatic heterocycles. The van der Waals surface area contributed by atoms with E-state index in [0.717, 1.165) is 5.56 Å². The summed E-state index contributed by atoms with van der Waals surface area (Å²) in [7, 11) is 0. The molecule has 0 radical (unpaired) electrons. The van der Waals surface area contributed by atoms with E-state index in [9.17, 15) is 14.4 Å². The third-order valence-electron chi connectivity index (χ3n) is 4.13. The molecule has 0 unspecified atom stereocenters. The number of carboxylic acid groups (broad SMARTS) is 1. The van der Waals surface area contributed by atoms with Crippen molar-refractivity contribution in [3.05, 3.63) is 35.9 Å².